The van der Waals surface area contributed by atoms with Crippen LogP contribution in [0.5, 0.6) is 0 Å². The molecule has 0 unspecified atom stereocenters. The van der Waals surface area contributed by atoms with Crippen molar-refractivity contribution < 1.29 is 9.53 Å². The molecule has 2 nitrogen and oxygen atoms in total. The molecule has 2 heteroatoms. The molecule has 0 radical (unpaired) electrons. The second kappa shape index (κ2) is 16.5. The highest BCUT2D eigenvalue weighted by molar-refractivity contribution is 5.57. The minimum absolute atomic E-state index is 0.0715. The van der Waals surface area contributed by atoms with Gasteiger partial charge in [0.1, 0.15) is 6.29 Å². The number of carbonyl (C=O) groups is 1. The van der Waals surface area contributed by atoms with E-state index in [1.165, 1.54) is 12.0 Å². The van der Waals surface area contributed by atoms with E-state index in [4.69, 9.17) is 4.74 Å². The van der Waals surface area contributed by atoms with Gasteiger partial charge in [0, 0.05) is 12.5 Å². The first kappa shape index (κ1) is 33.0. The van der Waals surface area contributed by atoms with Crippen molar-refractivity contribution in [3.63, 3.8) is 0 Å². The van der Waals surface area contributed by atoms with Crippen LogP contribution in [-0.4, -0.2) is 20.0 Å². The van der Waals surface area contributed by atoms with Gasteiger partial charge in [0.15, 0.2) is 0 Å². The number of allylic oxidation sites excluding steroid dienone is 1. The SMILES string of the molecule is C=C(C)CC(C)C.CC.CC.COCC(C)(C)C(C)(C)CC(C)(C)C=O. The van der Waals surface area contributed by atoms with E-state index < -0.39 is 0 Å². The molecule has 160 valence electrons. The Morgan fingerprint density at radius 1 is 0.962 bits per heavy atom. The van der Waals surface area contributed by atoms with Gasteiger partial charge >= 0.3 is 0 Å². The zero-order chi connectivity index (χ0) is 22.2. The van der Waals surface area contributed by atoms with Crippen molar-refractivity contribution in [3.8, 4) is 0 Å². The fraction of sp³-hybridized carbons (Fsp3) is 0.875. The first-order valence-corrected chi connectivity index (χ1v) is 10.3. The number of carbonyl (C=O) groups excluding carboxylic acids is 1. The molecule has 0 saturated heterocycles. The smallest absolute Gasteiger partial charge is 0.125 e. The van der Waals surface area contributed by atoms with Crippen molar-refractivity contribution in [2.45, 2.75) is 103 Å². The van der Waals surface area contributed by atoms with Crippen LogP contribution in [0, 0.1) is 22.2 Å². The number of aldehydes is 1. The second-order valence-corrected chi connectivity index (χ2v) is 9.04. The summed E-state index contributed by atoms with van der Waals surface area (Å²) in [6.45, 7) is 31.8. The molecule has 0 aliphatic carbocycles. The van der Waals surface area contributed by atoms with Crippen molar-refractivity contribution >= 4 is 6.29 Å². The first-order valence-electron chi connectivity index (χ1n) is 10.3. The summed E-state index contributed by atoms with van der Waals surface area (Å²) >= 11 is 0. The highest BCUT2D eigenvalue weighted by atomic mass is 16.5. The van der Waals surface area contributed by atoms with E-state index in [9.17, 15) is 4.79 Å². The van der Waals surface area contributed by atoms with E-state index in [2.05, 4.69) is 55.0 Å². The fourth-order valence-electron chi connectivity index (χ4n) is 2.67. The molecule has 0 bridgehead atoms. The average molecular weight is 373 g/mol. The molecule has 0 atom stereocenters. The highest BCUT2D eigenvalue weighted by Gasteiger charge is 2.40. The van der Waals surface area contributed by atoms with Gasteiger partial charge in [0.25, 0.3) is 0 Å². The molecule has 0 amide bonds. The van der Waals surface area contributed by atoms with Crippen molar-refractivity contribution in [2.75, 3.05) is 13.7 Å². The van der Waals surface area contributed by atoms with Crippen molar-refractivity contribution in [1.82, 2.24) is 0 Å². The minimum atomic E-state index is -0.255. The molecule has 0 aliphatic rings. The number of rotatable bonds is 8. The molecule has 0 aromatic heterocycles. The normalized spacial score (nSPS) is 11.2. The Balaban J connectivity index is -0.000000184. The Kier molecular flexibility index (Phi) is 21.0. The lowest BCUT2D eigenvalue weighted by Crippen LogP contribution is -2.40. The van der Waals surface area contributed by atoms with Gasteiger partial charge < -0.3 is 9.53 Å². The second-order valence-electron chi connectivity index (χ2n) is 9.04. The van der Waals surface area contributed by atoms with Crippen LogP contribution in [0.15, 0.2) is 12.2 Å². The summed E-state index contributed by atoms with van der Waals surface area (Å²) in [6, 6.07) is 0. The third-order valence-corrected chi connectivity index (χ3v) is 4.31. The molecule has 0 aromatic carbocycles. The average Bonchev–Trinajstić information content (AvgIpc) is 2.49. The number of hydrogen-bond acceptors (Lipinski definition) is 2. The standard InChI is InChI=1S/C13H26O2.C7H14.2C2H6/c1-11(2,9-14)8-12(3,4)13(5,6)10-15-7;1-6(2)5-7(3)4;2*1-2/h9H,8,10H2,1-7H3;7H,1,5H2,2-4H3;2*1-2H3. The van der Waals surface area contributed by atoms with Gasteiger partial charge in [0.2, 0.25) is 0 Å². The molecular formula is C24H52O2. The van der Waals surface area contributed by atoms with Gasteiger partial charge in [-0.05, 0) is 36.5 Å². The zero-order valence-corrected chi connectivity index (χ0v) is 20.8. The van der Waals surface area contributed by atoms with Gasteiger partial charge in [0.05, 0.1) is 6.61 Å². The lowest BCUT2D eigenvalue weighted by Gasteiger charge is -2.44. The molecule has 0 aliphatic heterocycles. The summed E-state index contributed by atoms with van der Waals surface area (Å²) in [5.74, 6) is 0.775. The monoisotopic (exact) mass is 372 g/mol. The first-order chi connectivity index (χ1) is 11.7. The van der Waals surface area contributed by atoms with Gasteiger partial charge in [-0.3, -0.25) is 0 Å². The maximum atomic E-state index is 11.0. The fourth-order valence-corrected chi connectivity index (χ4v) is 2.67. The van der Waals surface area contributed by atoms with E-state index >= 15 is 0 Å². The van der Waals surface area contributed by atoms with Crippen LogP contribution < -0.4 is 0 Å². The topological polar surface area (TPSA) is 26.3 Å². The largest absolute Gasteiger partial charge is 0.384 e. The van der Waals surface area contributed by atoms with E-state index in [1.807, 2.05) is 41.5 Å². The van der Waals surface area contributed by atoms with Crippen LogP contribution >= 0.6 is 0 Å². The van der Waals surface area contributed by atoms with Crippen LogP contribution in [-0.2, 0) is 9.53 Å². The highest BCUT2D eigenvalue weighted by Crippen LogP contribution is 2.45. The molecule has 0 spiro atoms. The van der Waals surface area contributed by atoms with Crippen LogP contribution in [0.25, 0.3) is 0 Å². The predicted molar refractivity (Wildman–Crippen MR) is 121 cm³/mol. The summed E-state index contributed by atoms with van der Waals surface area (Å²) in [7, 11) is 1.72. The van der Waals surface area contributed by atoms with Gasteiger partial charge in [-0.1, -0.05) is 88.7 Å². The Labute approximate surface area is 167 Å². The third-order valence-electron chi connectivity index (χ3n) is 4.31. The lowest BCUT2D eigenvalue weighted by molar-refractivity contribution is -0.117. The van der Waals surface area contributed by atoms with Crippen LogP contribution in [0.4, 0.5) is 0 Å². The van der Waals surface area contributed by atoms with E-state index in [0.717, 1.165) is 25.2 Å². The van der Waals surface area contributed by atoms with E-state index in [1.54, 1.807) is 7.11 Å². The van der Waals surface area contributed by atoms with Crippen LogP contribution in [0.1, 0.15) is 103 Å². The van der Waals surface area contributed by atoms with Crippen LogP contribution in [0.3, 0.4) is 0 Å². The summed E-state index contributed by atoms with van der Waals surface area (Å²) in [5, 5.41) is 0. The molecule has 0 N–H and O–H groups in total. The van der Waals surface area contributed by atoms with Gasteiger partial charge in [-0.25, -0.2) is 0 Å². The number of methoxy groups -OCH3 is 1. The predicted octanol–water partition coefficient (Wildman–Crippen LogP) is 7.96. The van der Waals surface area contributed by atoms with Crippen molar-refractivity contribution in [3.05, 3.63) is 12.2 Å². The molecule has 0 aromatic rings. The minimum Gasteiger partial charge on any atom is -0.384 e. The Morgan fingerprint density at radius 2 is 1.35 bits per heavy atom. The maximum absolute atomic E-state index is 11.0. The number of ether oxygens (including phenoxy) is 1. The molecule has 0 fully saturated rings. The van der Waals surface area contributed by atoms with Gasteiger partial charge in [-0.15, -0.1) is 6.58 Å². The summed E-state index contributed by atoms with van der Waals surface area (Å²) in [5.41, 5.74) is 1.18. The molecule has 0 heterocycles. The van der Waals surface area contributed by atoms with Gasteiger partial charge in [-0.2, -0.15) is 0 Å². The molecule has 26 heavy (non-hydrogen) atoms. The van der Waals surface area contributed by atoms with E-state index in [0.29, 0.717) is 0 Å². The molecular weight excluding hydrogens is 320 g/mol. The lowest BCUT2D eigenvalue weighted by atomic mass is 9.62. The summed E-state index contributed by atoms with van der Waals surface area (Å²) in [6.07, 6.45) is 3.09. The third kappa shape index (κ3) is 18.2. The van der Waals surface area contributed by atoms with Crippen molar-refractivity contribution in [1.29, 1.82) is 0 Å². The maximum Gasteiger partial charge on any atom is 0.125 e. The number of hydrogen-bond donors (Lipinski definition) is 0. The zero-order valence-electron chi connectivity index (χ0n) is 20.8. The summed E-state index contributed by atoms with van der Waals surface area (Å²) < 4.78 is 5.25. The summed E-state index contributed by atoms with van der Waals surface area (Å²) in [4.78, 5) is 11.0. The molecule has 0 rings (SSSR count). The molecule has 0 saturated carbocycles. The van der Waals surface area contributed by atoms with E-state index in [-0.39, 0.29) is 16.2 Å². The Bertz CT molecular complexity index is 336. The van der Waals surface area contributed by atoms with Crippen molar-refractivity contribution in [2.24, 2.45) is 22.2 Å². The van der Waals surface area contributed by atoms with Crippen LogP contribution in [0.2, 0.25) is 0 Å². The Morgan fingerprint density at radius 3 is 1.54 bits per heavy atom. The quantitative estimate of drug-likeness (QED) is 0.319. The Hall–Kier alpha value is -0.630.